The van der Waals surface area contributed by atoms with Crippen molar-refractivity contribution >= 4 is 0 Å². The number of phenols is 2. The fourth-order valence-electron chi connectivity index (χ4n) is 3.18. The number of ether oxygens (including phenoxy) is 1. The van der Waals surface area contributed by atoms with Crippen molar-refractivity contribution < 1.29 is 14.9 Å². The molecule has 0 fully saturated rings. The molecular weight excluding hydrogens is 302 g/mol. The van der Waals surface area contributed by atoms with Gasteiger partial charge in [-0.15, -0.1) is 0 Å². The summed E-state index contributed by atoms with van der Waals surface area (Å²) in [6.45, 7) is 3.78. The van der Waals surface area contributed by atoms with Crippen molar-refractivity contribution in [2.24, 2.45) is 0 Å². The lowest BCUT2D eigenvalue weighted by Gasteiger charge is -2.28. The molecule has 1 unspecified atom stereocenters. The Hall–Kier alpha value is -2.20. The van der Waals surface area contributed by atoms with Gasteiger partial charge in [0.25, 0.3) is 0 Å². The van der Waals surface area contributed by atoms with Gasteiger partial charge in [0.1, 0.15) is 5.75 Å². The molecule has 24 heavy (non-hydrogen) atoms. The maximum Gasteiger partial charge on any atom is 0.157 e. The predicted octanol–water partition coefficient (Wildman–Crippen LogP) is 3.90. The van der Waals surface area contributed by atoms with Crippen molar-refractivity contribution in [2.45, 2.75) is 38.6 Å². The summed E-state index contributed by atoms with van der Waals surface area (Å²) in [6.07, 6.45) is 4.31. The van der Waals surface area contributed by atoms with E-state index in [9.17, 15) is 10.2 Å². The van der Waals surface area contributed by atoms with Crippen molar-refractivity contribution in [2.75, 3.05) is 13.2 Å². The largest absolute Gasteiger partial charge is 0.504 e. The Morgan fingerprint density at radius 1 is 1.08 bits per heavy atom. The fraction of sp³-hybridized carbons (Fsp3) is 0.400. The van der Waals surface area contributed by atoms with Crippen LogP contribution in [-0.4, -0.2) is 23.4 Å². The van der Waals surface area contributed by atoms with Gasteiger partial charge in [0.05, 0.1) is 12.6 Å². The average Bonchev–Trinajstić information content (AvgIpc) is 2.60. The molecule has 4 nitrogen and oxygen atoms in total. The third kappa shape index (κ3) is 3.65. The van der Waals surface area contributed by atoms with E-state index in [2.05, 4.69) is 24.4 Å². The van der Waals surface area contributed by atoms with Crippen LogP contribution in [0.5, 0.6) is 17.2 Å². The quantitative estimate of drug-likeness (QED) is 0.556. The highest BCUT2D eigenvalue weighted by molar-refractivity contribution is 5.50. The number of phenolic OH excluding ortho intramolecular Hbond substituents is 2. The van der Waals surface area contributed by atoms with E-state index in [1.54, 1.807) is 12.1 Å². The van der Waals surface area contributed by atoms with Crippen molar-refractivity contribution in [1.82, 2.24) is 5.32 Å². The number of nitrogens with one attached hydrogen (secondary N) is 1. The molecule has 2 aromatic rings. The molecule has 0 saturated heterocycles. The van der Waals surface area contributed by atoms with Crippen LogP contribution in [-0.2, 0) is 6.42 Å². The van der Waals surface area contributed by atoms with Crippen LogP contribution in [0.3, 0.4) is 0 Å². The molecule has 1 atom stereocenters. The minimum atomic E-state index is -0.0710. The number of unbranched alkanes of at least 4 members (excludes halogenated alkanes) is 2. The first-order valence-electron chi connectivity index (χ1n) is 8.70. The molecule has 3 rings (SSSR count). The molecule has 4 heteroatoms. The lowest BCUT2D eigenvalue weighted by atomic mass is 9.89. The Kier molecular flexibility index (Phi) is 5.26. The van der Waals surface area contributed by atoms with Crippen molar-refractivity contribution in [3.63, 3.8) is 0 Å². The second kappa shape index (κ2) is 7.58. The van der Waals surface area contributed by atoms with Gasteiger partial charge in [0.15, 0.2) is 11.5 Å². The summed E-state index contributed by atoms with van der Waals surface area (Å²) in [5.74, 6) is 0.767. The summed E-state index contributed by atoms with van der Waals surface area (Å²) in [7, 11) is 0. The Morgan fingerprint density at radius 2 is 1.83 bits per heavy atom. The molecule has 0 aromatic heterocycles. The Labute approximate surface area is 143 Å². The summed E-state index contributed by atoms with van der Waals surface area (Å²) in [5.41, 5.74) is 3.23. The van der Waals surface area contributed by atoms with Crippen LogP contribution in [0.1, 0.15) is 48.9 Å². The average molecular weight is 327 g/mol. The van der Waals surface area contributed by atoms with Gasteiger partial charge in [0, 0.05) is 6.54 Å². The van der Waals surface area contributed by atoms with Gasteiger partial charge in [-0.05, 0) is 53.8 Å². The van der Waals surface area contributed by atoms with Crippen LogP contribution in [0.25, 0.3) is 0 Å². The molecule has 3 N–H and O–H groups in total. The first kappa shape index (κ1) is 16.7. The topological polar surface area (TPSA) is 61.7 Å². The van der Waals surface area contributed by atoms with Crippen LogP contribution >= 0.6 is 0 Å². The van der Waals surface area contributed by atoms with Crippen LogP contribution in [0, 0.1) is 0 Å². The molecule has 0 amide bonds. The SMILES string of the molecule is CCCCCOc1ccc(C2NCCc3cc(O)c(O)cc32)cc1. The third-order valence-electron chi connectivity index (χ3n) is 4.52. The lowest BCUT2D eigenvalue weighted by Crippen LogP contribution is -2.30. The fourth-order valence-corrected chi connectivity index (χ4v) is 3.18. The predicted molar refractivity (Wildman–Crippen MR) is 94.8 cm³/mol. The van der Waals surface area contributed by atoms with Crippen LogP contribution in [0.2, 0.25) is 0 Å². The number of hydrogen-bond acceptors (Lipinski definition) is 4. The number of hydrogen-bond donors (Lipinski definition) is 3. The molecule has 0 radical (unpaired) electrons. The molecule has 1 aliphatic rings. The molecule has 0 bridgehead atoms. The van der Waals surface area contributed by atoms with Gasteiger partial charge in [0.2, 0.25) is 0 Å². The second-order valence-corrected chi connectivity index (χ2v) is 6.30. The van der Waals surface area contributed by atoms with Crippen molar-refractivity contribution in [3.8, 4) is 17.2 Å². The summed E-state index contributed by atoms with van der Waals surface area (Å²) in [6, 6.07) is 11.5. The minimum Gasteiger partial charge on any atom is -0.504 e. The Balaban J connectivity index is 1.75. The van der Waals surface area contributed by atoms with E-state index >= 15 is 0 Å². The van der Waals surface area contributed by atoms with E-state index in [-0.39, 0.29) is 17.5 Å². The van der Waals surface area contributed by atoms with E-state index in [0.717, 1.165) is 48.4 Å². The van der Waals surface area contributed by atoms with Gasteiger partial charge in [-0.2, -0.15) is 0 Å². The third-order valence-corrected chi connectivity index (χ3v) is 4.52. The maximum absolute atomic E-state index is 9.83. The minimum absolute atomic E-state index is 0.0226. The number of benzene rings is 2. The van der Waals surface area contributed by atoms with Gasteiger partial charge in [-0.25, -0.2) is 0 Å². The first-order valence-corrected chi connectivity index (χ1v) is 8.70. The Morgan fingerprint density at radius 3 is 2.58 bits per heavy atom. The lowest BCUT2D eigenvalue weighted by molar-refractivity contribution is 0.306. The van der Waals surface area contributed by atoms with E-state index in [1.165, 1.54) is 12.8 Å². The van der Waals surface area contributed by atoms with Gasteiger partial charge in [-0.1, -0.05) is 31.9 Å². The zero-order chi connectivity index (χ0) is 16.9. The summed E-state index contributed by atoms with van der Waals surface area (Å²) in [5, 5.41) is 23.0. The smallest absolute Gasteiger partial charge is 0.157 e. The zero-order valence-corrected chi connectivity index (χ0v) is 14.1. The van der Waals surface area contributed by atoms with Gasteiger partial charge < -0.3 is 20.3 Å². The summed E-state index contributed by atoms with van der Waals surface area (Å²) in [4.78, 5) is 0. The standard InChI is InChI=1S/C20H25NO3/c1-2-3-4-11-24-16-7-5-14(6-8-16)20-17-13-19(23)18(22)12-15(17)9-10-21-20/h5-8,12-13,20-23H,2-4,9-11H2,1H3. The van der Waals surface area contributed by atoms with Gasteiger partial charge >= 0.3 is 0 Å². The number of aromatic hydroxyl groups is 2. The zero-order valence-electron chi connectivity index (χ0n) is 14.1. The number of fused-ring (bicyclic) bond motifs is 1. The summed E-state index contributed by atoms with van der Waals surface area (Å²) < 4.78 is 5.76. The Bertz CT molecular complexity index is 682. The highest BCUT2D eigenvalue weighted by Gasteiger charge is 2.23. The summed E-state index contributed by atoms with van der Waals surface area (Å²) >= 11 is 0. The molecule has 0 spiro atoms. The van der Waals surface area contributed by atoms with Gasteiger partial charge in [-0.3, -0.25) is 0 Å². The van der Waals surface area contributed by atoms with E-state index in [0.29, 0.717) is 0 Å². The molecule has 1 heterocycles. The van der Waals surface area contributed by atoms with E-state index in [1.807, 2.05) is 12.1 Å². The monoisotopic (exact) mass is 327 g/mol. The molecule has 0 saturated carbocycles. The van der Waals surface area contributed by atoms with Crippen molar-refractivity contribution in [3.05, 3.63) is 53.1 Å². The maximum atomic E-state index is 9.83. The van der Waals surface area contributed by atoms with Crippen LogP contribution < -0.4 is 10.1 Å². The highest BCUT2D eigenvalue weighted by Crippen LogP contribution is 2.36. The first-order chi connectivity index (χ1) is 11.7. The molecule has 0 aliphatic carbocycles. The second-order valence-electron chi connectivity index (χ2n) is 6.30. The van der Waals surface area contributed by atoms with Crippen LogP contribution in [0.15, 0.2) is 36.4 Å². The molecular formula is C20H25NO3. The highest BCUT2D eigenvalue weighted by atomic mass is 16.5. The molecule has 128 valence electrons. The van der Waals surface area contributed by atoms with E-state index < -0.39 is 0 Å². The van der Waals surface area contributed by atoms with E-state index in [4.69, 9.17) is 4.74 Å². The molecule has 1 aliphatic heterocycles. The molecule has 2 aromatic carbocycles. The normalized spacial score (nSPS) is 16.6. The van der Waals surface area contributed by atoms with Crippen LogP contribution in [0.4, 0.5) is 0 Å². The number of rotatable bonds is 6. The van der Waals surface area contributed by atoms with Crippen molar-refractivity contribution in [1.29, 1.82) is 0 Å².